The summed E-state index contributed by atoms with van der Waals surface area (Å²) in [4.78, 5) is 25.9. The summed E-state index contributed by atoms with van der Waals surface area (Å²) < 4.78 is 1.42. The van der Waals surface area contributed by atoms with Crippen molar-refractivity contribution in [1.29, 1.82) is 0 Å². The molecular weight excluding hydrogens is 244 g/mol. The molecule has 2 atom stereocenters. The van der Waals surface area contributed by atoms with E-state index in [2.05, 4.69) is 17.2 Å². The quantitative estimate of drug-likeness (QED) is 0.761. The highest BCUT2D eigenvalue weighted by Gasteiger charge is 2.23. The van der Waals surface area contributed by atoms with Gasteiger partial charge in [0.05, 0.1) is 0 Å². The van der Waals surface area contributed by atoms with Crippen LogP contribution in [0.15, 0.2) is 9.59 Å². The Balaban J connectivity index is 2.31. The highest BCUT2D eigenvalue weighted by Crippen LogP contribution is 2.27. The predicted octanol–water partition coefficient (Wildman–Crippen LogP) is 1.13. The lowest BCUT2D eigenvalue weighted by Gasteiger charge is -2.17. The van der Waals surface area contributed by atoms with Crippen molar-refractivity contribution in [2.45, 2.75) is 52.1 Å². The largest absolute Gasteiger partial charge is 0.383 e. The fraction of sp³-hybridized carbons (Fsp3) is 0.692. The lowest BCUT2D eigenvalue weighted by Crippen LogP contribution is -2.35. The Morgan fingerprint density at radius 2 is 2.16 bits per heavy atom. The van der Waals surface area contributed by atoms with Crippen molar-refractivity contribution in [1.82, 2.24) is 9.55 Å². The maximum Gasteiger partial charge on any atom is 0.330 e. The molecule has 0 aliphatic heterocycles. The van der Waals surface area contributed by atoms with Crippen LogP contribution in [0.1, 0.15) is 39.5 Å². The molecule has 1 aliphatic carbocycles. The maximum atomic E-state index is 11.9. The van der Waals surface area contributed by atoms with Crippen LogP contribution in [-0.2, 0) is 6.54 Å². The van der Waals surface area contributed by atoms with E-state index in [1.807, 2.05) is 6.92 Å². The minimum atomic E-state index is -0.435. The highest BCUT2D eigenvalue weighted by atomic mass is 16.2. The van der Waals surface area contributed by atoms with Gasteiger partial charge in [-0.1, -0.05) is 13.8 Å². The molecule has 0 amide bonds. The Bertz CT molecular complexity index is 561. The molecule has 0 spiro atoms. The molecule has 6 nitrogen and oxygen atoms in total. The normalized spacial score (nSPS) is 22.6. The van der Waals surface area contributed by atoms with Gasteiger partial charge in [0.15, 0.2) is 0 Å². The summed E-state index contributed by atoms with van der Waals surface area (Å²) in [5, 5.41) is 3.21. The van der Waals surface area contributed by atoms with E-state index in [1.165, 1.54) is 4.57 Å². The first kappa shape index (κ1) is 13.7. The Labute approximate surface area is 112 Å². The van der Waals surface area contributed by atoms with E-state index in [1.54, 1.807) is 0 Å². The van der Waals surface area contributed by atoms with Crippen LogP contribution in [0.2, 0.25) is 0 Å². The summed E-state index contributed by atoms with van der Waals surface area (Å²) in [6.07, 6.45) is 4.01. The van der Waals surface area contributed by atoms with Gasteiger partial charge in [0.25, 0.3) is 5.56 Å². The summed E-state index contributed by atoms with van der Waals surface area (Å²) in [5.41, 5.74) is 5.45. The Morgan fingerprint density at radius 1 is 1.42 bits per heavy atom. The molecule has 1 saturated carbocycles. The molecule has 0 bridgehead atoms. The number of hydrogen-bond acceptors (Lipinski definition) is 4. The van der Waals surface area contributed by atoms with Crippen molar-refractivity contribution in [3.63, 3.8) is 0 Å². The number of aromatic nitrogens is 2. The number of rotatable bonds is 4. The van der Waals surface area contributed by atoms with Gasteiger partial charge in [-0.3, -0.25) is 14.3 Å². The molecule has 1 heterocycles. The van der Waals surface area contributed by atoms with Gasteiger partial charge in [-0.15, -0.1) is 0 Å². The molecular formula is C13H22N4O2. The zero-order chi connectivity index (χ0) is 14.0. The number of nitrogens with two attached hydrogens (primary N) is 1. The van der Waals surface area contributed by atoms with Crippen molar-refractivity contribution >= 4 is 11.5 Å². The first-order chi connectivity index (χ1) is 9.02. The average Bonchev–Trinajstić information content (AvgIpc) is 2.76. The Hall–Kier alpha value is -1.72. The SMILES string of the molecule is CCCn1c(N)c(NC2CCC(C)C2)c(=O)[nH]c1=O. The monoisotopic (exact) mass is 266 g/mol. The van der Waals surface area contributed by atoms with Crippen molar-refractivity contribution in [2.24, 2.45) is 5.92 Å². The summed E-state index contributed by atoms with van der Waals surface area (Å²) in [6.45, 7) is 4.67. The van der Waals surface area contributed by atoms with E-state index < -0.39 is 11.2 Å². The summed E-state index contributed by atoms with van der Waals surface area (Å²) in [6, 6.07) is 0.269. The molecule has 1 aromatic heterocycles. The molecule has 1 aliphatic rings. The molecule has 1 aromatic rings. The van der Waals surface area contributed by atoms with E-state index in [4.69, 9.17) is 5.73 Å². The summed E-state index contributed by atoms with van der Waals surface area (Å²) in [7, 11) is 0. The Kier molecular flexibility index (Phi) is 3.97. The maximum absolute atomic E-state index is 11.9. The lowest BCUT2D eigenvalue weighted by molar-refractivity contribution is 0.601. The van der Waals surface area contributed by atoms with Gasteiger partial charge in [-0.05, 0) is 31.6 Å². The van der Waals surface area contributed by atoms with Crippen LogP contribution in [0.3, 0.4) is 0 Å². The number of hydrogen-bond donors (Lipinski definition) is 3. The second-order valence-electron chi connectivity index (χ2n) is 5.43. The molecule has 4 N–H and O–H groups in total. The van der Waals surface area contributed by atoms with Crippen molar-refractivity contribution in [3.8, 4) is 0 Å². The molecule has 2 rings (SSSR count). The third-order valence-corrected chi connectivity index (χ3v) is 3.73. The first-order valence-corrected chi connectivity index (χ1v) is 6.92. The zero-order valence-electron chi connectivity index (χ0n) is 11.5. The fourth-order valence-electron chi connectivity index (χ4n) is 2.72. The third kappa shape index (κ3) is 2.83. The minimum absolute atomic E-state index is 0.246. The molecule has 0 saturated heterocycles. The molecule has 2 unspecified atom stereocenters. The number of H-pyrrole nitrogens is 1. The van der Waals surface area contributed by atoms with Crippen LogP contribution in [0, 0.1) is 5.92 Å². The minimum Gasteiger partial charge on any atom is -0.383 e. The van der Waals surface area contributed by atoms with Crippen LogP contribution >= 0.6 is 0 Å². The van der Waals surface area contributed by atoms with Crippen molar-refractivity contribution < 1.29 is 0 Å². The number of nitrogens with one attached hydrogen (secondary N) is 2. The van der Waals surface area contributed by atoms with Gasteiger partial charge >= 0.3 is 5.69 Å². The van der Waals surface area contributed by atoms with Crippen molar-refractivity contribution in [3.05, 3.63) is 20.8 Å². The molecule has 106 valence electrons. The van der Waals surface area contributed by atoms with E-state index in [0.717, 1.165) is 25.7 Å². The molecule has 1 fully saturated rings. The van der Waals surface area contributed by atoms with Gasteiger partial charge in [0.1, 0.15) is 11.5 Å². The summed E-state index contributed by atoms with van der Waals surface area (Å²) >= 11 is 0. The second-order valence-corrected chi connectivity index (χ2v) is 5.43. The van der Waals surface area contributed by atoms with Crippen LogP contribution in [0.25, 0.3) is 0 Å². The number of nitrogen functional groups attached to an aromatic ring is 1. The molecule has 0 aromatic carbocycles. The molecule has 0 radical (unpaired) electrons. The standard InChI is InChI=1S/C13H22N4O2/c1-3-6-17-11(14)10(12(18)16-13(17)19)15-9-5-4-8(2)7-9/h8-9,15H,3-7,14H2,1-2H3,(H,16,18,19). The topological polar surface area (TPSA) is 92.9 Å². The van der Waals surface area contributed by atoms with E-state index in [9.17, 15) is 9.59 Å². The van der Waals surface area contributed by atoms with Gasteiger partial charge in [-0.25, -0.2) is 4.79 Å². The van der Waals surface area contributed by atoms with Crippen molar-refractivity contribution in [2.75, 3.05) is 11.1 Å². The predicted molar refractivity (Wildman–Crippen MR) is 76.5 cm³/mol. The van der Waals surface area contributed by atoms with E-state index in [0.29, 0.717) is 18.2 Å². The van der Waals surface area contributed by atoms with Crippen LogP contribution < -0.4 is 22.3 Å². The molecule has 6 heteroatoms. The van der Waals surface area contributed by atoms with Gasteiger partial charge in [0, 0.05) is 12.6 Å². The van der Waals surface area contributed by atoms with Crippen LogP contribution in [0.5, 0.6) is 0 Å². The second kappa shape index (κ2) is 5.50. The van der Waals surface area contributed by atoms with Crippen LogP contribution in [0.4, 0.5) is 11.5 Å². The van der Waals surface area contributed by atoms with Gasteiger partial charge in [-0.2, -0.15) is 0 Å². The first-order valence-electron chi connectivity index (χ1n) is 6.92. The zero-order valence-corrected chi connectivity index (χ0v) is 11.5. The average molecular weight is 266 g/mol. The number of anilines is 2. The smallest absolute Gasteiger partial charge is 0.330 e. The Morgan fingerprint density at radius 3 is 2.74 bits per heavy atom. The fourth-order valence-corrected chi connectivity index (χ4v) is 2.72. The summed E-state index contributed by atoms with van der Waals surface area (Å²) in [5.74, 6) is 0.912. The van der Waals surface area contributed by atoms with Gasteiger partial charge < -0.3 is 11.1 Å². The van der Waals surface area contributed by atoms with E-state index in [-0.39, 0.29) is 11.9 Å². The third-order valence-electron chi connectivity index (χ3n) is 3.73. The van der Waals surface area contributed by atoms with Crippen LogP contribution in [-0.4, -0.2) is 15.6 Å². The number of aromatic amines is 1. The number of nitrogens with zero attached hydrogens (tertiary/aromatic N) is 1. The highest BCUT2D eigenvalue weighted by molar-refractivity contribution is 5.61. The molecule has 19 heavy (non-hydrogen) atoms. The van der Waals surface area contributed by atoms with Gasteiger partial charge in [0.2, 0.25) is 0 Å². The lowest BCUT2D eigenvalue weighted by atomic mass is 10.1. The van der Waals surface area contributed by atoms with E-state index >= 15 is 0 Å².